The number of benzene rings is 2. The van der Waals surface area contributed by atoms with Crippen LogP contribution in [-0.2, 0) is 9.53 Å². The van der Waals surface area contributed by atoms with Crippen molar-refractivity contribution in [1.82, 2.24) is 0 Å². The minimum Gasteiger partial charge on any atom is -0.502 e. The third kappa shape index (κ3) is 3.43. The van der Waals surface area contributed by atoms with E-state index in [9.17, 15) is 20.1 Å². The average molecular weight is 458 g/mol. The van der Waals surface area contributed by atoms with Gasteiger partial charge in [0, 0.05) is 17.8 Å². The molecule has 9 heteroatoms. The molecule has 2 aromatic rings. The smallest absolute Gasteiger partial charge is 0.310 e. The Morgan fingerprint density at radius 2 is 1.67 bits per heavy atom. The second kappa shape index (κ2) is 8.31. The summed E-state index contributed by atoms with van der Waals surface area (Å²) in [6.07, 6.45) is -0.776. The van der Waals surface area contributed by atoms with Gasteiger partial charge in [0.05, 0.1) is 39.5 Å². The van der Waals surface area contributed by atoms with E-state index in [0.29, 0.717) is 11.5 Å². The third-order valence-electron chi connectivity index (χ3n) is 6.92. The summed E-state index contributed by atoms with van der Waals surface area (Å²) in [5.41, 5.74) is 2.53. The van der Waals surface area contributed by atoms with Crippen molar-refractivity contribution in [3.63, 3.8) is 0 Å². The normalized spacial score (nSPS) is 25.8. The van der Waals surface area contributed by atoms with Gasteiger partial charge in [0.15, 0.2) is 23.0 Å². The Balaban J connectivity index is 1.72. The van der Waals surface area contributed by atoms with Crippen LogP contribution in [0.1, 0.15) is 34.9 Å². The molecular weight excluding hydrogens is 432 g/mol. The lowest BCUT2D eigenvalue weighted by Crippen LogP contribution is -2.36. The number of hydrogen-bond acceptors (Lipinski definition) is 9. The first kappa shape index (κ1) is 21.7. The molecule has 0 saturated carbocycles. The summed E-state index contributed by atoms with van der Waals surface area (Å²) in [5, 5.41) is 30.2. The maximum absolute atomic E-state index is 12.9. The lowest BCUT2D eigenvalue weighted by atomic mass is 9.61. The molecule has 0 spiro atoms. The Kier molecular flexibility index (Phi) is 5.46. The molecule has 1 unspecified atom stereocenters. The van der Waals surface area contributed by atoms with Crippen molar-refractivity contribution in [1.29, 1.82) is 0 Å². The molecule has 2 heterocycles. The number of phenolic OH excluding ortho intramolecular Hbond substituents is 1. The minimum atomic E-state index is -0.979. The van der Waals surface area contributed by atoms with Crippen LogP contribution in [0.2, 0.25) is 0 Å². The molecule has 1 aliphatic carbocycles. The van der Waals surface area contributed by atoms with Gasteiger partial charge in [0.1, 0.15) is 0 Å². The van der Waals surface area contributed by atoms with Crippen LogP contribution in [0.15, 0.2) is 24.3 Å². The van der Waals surface area contributed by atoms with E-state index in [1.165, 1.54) is 14.2 Å². The van der Waals surface area contributed by atoms with Gasteiger partial charge in [0.2, 0.25) is 12.5 Å². The summed E-state index contributed by atoms with van der Waals surface area (Å²) >= 11 is 0. The van der Waals surface area contributed by atoms with E-state index in [2.05, 4.69) is 0 Å². The summed E-state index contributed by atoms with van der Waals surface area (Å²) in [6.45, 7) is -0.0968. The topological polar surface area (TPSA) is 124 Å². The van der Waals surface area contributed by atoms with Crippen molar-refractivity contribution < 1.29 is 43.8 Å². The summed E-state index contributed by atoms with van der Waals surface area (Å²) in [4.78, 5) is 12.9. The fourth-order valence-electron chi connectivity index (χ4n) is 5.47. The second-order valence-electron chi connectivity index (χ2n) is 8.58. The number of methoxy groups -OCH3 is 2. The quantitative estimate of drug-likeness (QED) is 0.557. The van der Waals surface area contributed by atoms with Crippen LogP contribution in [0, 0.1) is 11.8 Å². The summed E-state index contributed by atoms with van der Waals surface area (Å²) in [6, 6.07) is 7.24. The van der Waals surface area contributed by atoms with E-state index < -0.39 is 18.6 Å². The van der Waals surface area contributed by atoms with E-state index in [1.807, 2.05) is 12.1 Å². The van der Waals surface area contributed by atoms with Gasteiger partial charge in [-0.15, -0.1) is 0 Å². The van der Waals surface area contributed by atoms with Crippen molar-refractivity contribution in [2.24, 2.45) is 11.8 Å². The predicted molar refractivity (Wildman–Crippen MR) is 114 cm³/mol. The number of aliphatic hydroxyl groups is 2. The van der Waals surface area contributed by atoms with E-state index in [-0.39, 0.29) is 60.8 Å². The lowest BCUT2D eigenvalue weighted by molar-refractivity contribution is -0.142. The summed E-state index contributed by atoms with van der Waals surface area (Å²) < 4.78 is 27.5. The third-order valence-corrected chi connectivity index (χ3v) is 6.92. The Morgan fingerprint density at radius 3 is 2.27 bits per heavy atom. The van der Waals surface area contributed by atoms with Gasteiger partial charge in [0.25, 0.3) is 0 Å². The van der Waals surface area contributed by atoms with Gasteiger partial charge >= 0.3 is 5.97 Å². The van der Waals surface area contributed by atoms with Crippen LogP contribution >= 0.6 is 0 Å². The highest BCUT2D eigenvalue weighted by Crippen LogP contribution is 2.57. The Labute approximate surface area is 190 Å². The molecule has 33 heavy (non-hydrogen) atoms. The molecule has 3 N–H and O–H groups in total. The van der Waals surface area contributed by atoms with Gasteiger partial charge in [-0.2, -0.15) is 0 Å². The molecule has 0 amide bonds. The van der Waals surface area contributed by atoms with Gasteiger partial charge in [-0.05, 0) is 47.4 Å². The fraction of sp³-hybridized carbons (Fsp3) is 0.458. The van der Waals surface area contributed by atoms with E-state index in [1.54, 1.807) is 12.1 Å². The molecule has 3 aliphatic rings. The number of aliphatic hydroxyl groups excluding tert-OH is 2. The largest absolute Gasteiger partial charge is 0.502 e. The Bertz CT molecular complexity index is 1060. The highest BCUT2D eigenvalue weighted by molar-refractivity contribution is 5.78. The second-order valence-corrected chi connectivity index (χ2v) is 8.58. The maximum atomic E-state index is 12.9. The minimum absolute atomic E-state index is 0.0998. The summed E-state index contributed by atoms with van der Waals surface area (Å²) in [5.74, 6) is -0.174. The first-order chi connectivity index (χ1) is 16.0. The molecule has 1 fully saturated rings. The monoisotopic (exact) mass is 458 g/mol. The molecule has 0 aromatic heterocycles. The number of ether oxygens (including phenoxy) is 5. The van der Waals surface area contributed by atoms with E-state index >= 15 is 0 Å². The molecule has 5 rings (SSSR count). The molecule has 2 aromatic carbocycles. The molecule has 0 bridgehead atoms. The zero-order valence-electron chi connectivity index (χ0n) is 18.3. The number of carbonyl (C=O) groups is 1. The van der Waals surface area contributed by atoms with Crippen LogP contribution < -0.4 is 18.9 Å². The molecule has 176 valence electrons. The SMILES string of the molecule is COc1cc([C@@H]2c3cc4c(cc3[C@H](CC(O)CO)[C@@H]3C(=O)OC[C@@H]23)OCO4)cc(OC)c1O. The van der Waals surface area contributed by atoms with Gasteiger partial charge in [-0.25, -0.2) is 0 Å². The first-order valence-corrected chi connectivity index (χ1v) is 10.8. The molecule has 5 atom stereocenters. The van der Waals surface area contributed by atoms with Crippen LogP contribution in [0.5, 0.6) is 28.7 Å². The zero-order chi connectivity index (χ0) is 23.3. The van der Waals surface area contributed by atoms with Crippen LogP contribution in [0.25, 0.3) is 0 Å². The molecule has 9 nitrogen and oxygen atoms in total. The van der Waals surface area contributed by atoms with Gasteiger partial charge in [-0.1, -0.05) is 0 Å². The van der Waals surface area contributed by atoms with E-state index in [0.717, 1.165) is 16.7 Å². The van der Waals surface area contributed by atoms with E-state index in [4.69, 9.17) is 23.7 Å². The zero-order valence-corrected chi connectivity index (χ0v) is 18.3. The Morgan fingerprint density at radius 1 is 1.03 bits per heavy atom. The molecule has 1 saturated heterocycles. The Hall–Kier alpha value is -3.17. The maximum Gasteiger partial charge on any atom is 0.310 e. The number of hydrogen-bond donors (Lipinski definition) is 3. The van der Waals surface area contributed by atoms with Crippen molar-refractivity contribution in [3.05, 3.63) is 41.0 Å². The van der Waals surface area contributed by atoms with Crippen LogP contribution in [-0.4, -0.2) is 61.6 Å². The highest BCUT2D eigenvalue weighted by Gasteiger charge is 2.52. The van der Waals surface area contributed by atoms with Gasteiger partial charge in [-0.3, -0.25) is 4.79 Å². The van der Waals surface area contributed by atoms with Crippen LogP contribution in [0.4, 0.5) is 0 Å². The number of carbonyl (C=O) groups excluding carboxylic acids is 1. The summed E-state index contributed by atoms with van der Waals surface area (Å²) in [7, 11) is 2.92. The number of rotatable bonds is 6. The highest BCUT2D eigenvalue weighted by atomic mass is 16.7. The number of esters is 1. The fourth-order valence-corrected chi connectivity index (χ4v) is 5.47. The van der Waals surface area contributed by atoms with Crippen molar-refractivity contribution in [3.8, 4) is 28.7 Å². The van der Waals surface area contributed by atoms with Gasteiger partial charge < -0.3 is 39.0 Å². The number of phenols is 1. The standard InChI is InChI=1S/C24H26O9/c1-29-19-3-11(4-20(30-2)23(19)27)21-15-7-18-17(32-10-33-18)6-13(15)14(5-12(26)8-25)22-16(21)9-31-24(22)28/h3-4,6-7,12,14,16,21-22,25-27H,5,8-10H2,1-2H3/t12?,14-,16-,21+,22-/m0/s1. The molecule has 0 radical (unpaired) electrons. The number of aromatic hydroxyl groups is 1. The van der Waals surface area contributed by atoms with Crippen molar-refractivity contribution in [2.75, 3.05) is 34.2 Å². The van der Waals surface area contributed by atoms with Crippen molar-refractivity contribution >= 4 is 5.97 Å². The van der Waals surface area contributed by atoms with Crippen LogP contribution in [0.3, 0.4) is 0 Å². The lowest BCUT2D eigenvalue weighted by Gasteiger charge is -2.40. The number of cyclic esters (lactones) is 1. The first-order valence-electron chi connectivity index (χ1n) is 10.8. The average Bonchev–Trinajstić information content (AvgIpc) is 3.44. The number of fused-ring (bicyclic) bond motifs is 3. The predicted octanol–water partition coefficient (Wildman–Crippen LogP) is 1.90. The molecule has 2 aliphatic heterocycles. The molecular formula is C24H26O9. The van der Waals surface area contributed by atoms with Crippen molar-refractivity contribution in [2.45, 2.75) is 24.4 Å².